The number of aliphatic imine (C=N–C) groups is 1. The Labute approximate surface area is 183 Å². The van der Waals surface area contributed by atoms with E-state index in [1.165, 1.54) is 6.42 Å². The van der Waals surface area contributed by atoms with Crippen LogP contribution in [0.1, 0.15) is 53.8 Å². The molecule has 3 atom stereocenters. The van der Waals surface area contributed by atoms with Gasteiger partial charge in [-0.2, -0.15) is 4.48 Å². The molecule has 172 valence electrons. The van der Waals surface area contributed by atoms with Gasteiger partial charge < -0.3 is 20.7 Å². The van der Waals surface area contributed by atoms with Crippen molar-refractivity contribution in [1.29, 1.82) is 0 Å². The Morgan fingerprint density at radius 1 is 1.16 bits per heavy atom. The minimum absolute atomic E-state index is 0.0141. The molecule has 3 unspecified atom stereocenters. The third-order valence-electron chi connectivity index (χ3n) is 4.33. The van der Waals surface area contributed by atoms with Crippen LogP contribution in [0.3, 0.4) is 0 Å². The molecule has 3 rings (SSSR count). The third-order valence-corrected chi connectivity index (χ3v) is 4.33. The molecule has 9 nitrogen and oxygen atoms in total. The number of hydrogen-bond acceptors (Lipinski definition) is 7. The standard InChI is InChI=1S/C10H15N3O3.C8H6O2.C3H8.CH4O/c1-13(5-4-8(11)12-10(13)15)9-3-2-7(6-14)16-9;9-5-7-3-1-2-4-8(7)6-10;1-3-2;1-2/h4-5,7,9,14H,2-3,6H2,1H3,(H-,11,12,15);1-6H;3H2,1-2H3;2H,1H3/p+1. The molecule has 2 aliphatic heterocycles. The first-order chi connectivity index (χ1) is 14.9. The number of quaternary nitrogens is 1. The Bertz CT molecular complexity index is 738. The van der Waals surface area contributed by atoms with Gasteiger partial charge in [0.25, 0.3) is 0 Å². The number of carbonyl (C=O) groups excluding carboxylic acids is 3. The number of amidine groups is 1. The fourth-order valence-electron chi connectivity index (χ4n) is 2.71. The first-order valence-corrected chi connectivity index (χ1v) is 10.00. The fraction of sp³-hybridized carbons (Fsp3) is 0.455. The van der Waals surface area contributed by atoms with Crippen LogP contribution in [-0.4, -0.2) is 72.2 Å². The van der Waals surface area contributed by atoms with Gasteiger partial charge in [-0.1, -0.05) is 44.5 Å². The molecule has 1 aromatic carbocycles. The Hall–Kier alpha value is -2.72. The highest BCUT2D eigenvalue weighted by molar-refractivity contribution is 5.99. The molecule has 2 amide bonds. The average molecular weight is 437 g/mol. The largest absolute Gasteiger partial charge is 0.451 e. The van der Waals surface area contributed by atoms with Crippen molar-refractivity contribution in [3.05, 3.63) is 47.7 Å². The predicted octanol–water partition coefficient (Wildman–Crippen LogP) is 2.27. The summed E-state index contributed by atoms with van der Waals surface area (Å²) in [7, 11) is 2.74. The number of ether oxygens (including phenoxy) is 1. The summed E-state index contributed by atoms with van der Waals surface area (Å²) in [6, 6.07) is 6.32. The highest BCUT2D eigenvalue weighted by Crippen LogP contribution is 2.29. The lowest BCUT2D eigenvalue weighted by Gasteiger charge is -2.32. The SMILES string of the molecule is CCC.CO.C[N+]1(C2CCC(CO)O2)C=CC(N)=NC1=O.O=Cc1ccccc1C=O. The molecule has 1 saturated heterocycles. The van der Waals surface area contributed by atoms with Crippen LogP contribution in [0.15, 0.2) is 41.5 Å². The number of rotatable bonds is 4. The van der Waals surface area contributed by atoms with Gasteiger partial charge in [-0.15, -0.1) is 4.99 Å². The number of urea groups is 1. The van der Waals surface area contributed by atoms with E-state index in [1.807, 2.05) is 0 Å². The molecule has 0 aliphatic carbocycles. The number of aliphatic hydroxyl groups excluding tert-OH is 2. The second-order valence-electron chi connectivity index (χ2n) is 6.83. The maximum atomic E-state index is 11.8. The maximum absolute atomic E-state index is 11.8. The van der Waals surface area contributed by atoms with E-state index in [4.69, 9.17) is 20.7 Å². The van der Waals surface area contributed by atoms with Gasteiger partial charge in [-0.3, -0.25) is 9.59 Å². The Kier molecular flexibility index (Phi) is 13.8. The second-order valence-corrected chi connectivity index (χ2v) is 6.83. The van der Waals surface area contributed by atoms with Crippen LogP contribution >= 0.6 is 0 Å². The van der Waals surface area contributed by atoms with Gasteiger partial charge in [0.2, 0.25) is 6.23 Å². The van der Waals surface area contributed by atoms with Crippen molar-refractivity contribution in [3.63, 3.8) is 0 Å². The normalized spacial score (nSPS) is 23.7. The Morgan fingerprint density at radius 3 is 2.06 bits per heavy atom. The molecule has 0 spiro atoms. The maximum Gasteiger partial charge on any atom is 0.451 e. The molecular weight excluding hydrogens is 402 g/mol. The van der Waals surface area contributed by atoms with E-state index in [-0.39, 0.29) is 35.3 Å². The zero-order valence-electron chi connectivity index (χ0n) is 18.6. The van der Waals surface area contributed by atoms with Gasteiger partial charge in [0.1, 0.15) is 12.0 Å². The van der Waals surface area contributed by atoms with E-state index >= 15 is 0 Å². The molecule has 31 heavy (non-hydrogen) atoms. The van der Waals surface area contributed by atoms with Crippen LogP contribution < -0.4 is 5.73 Å². The first-order valence-electron chi connectivity index (χ1n) is 10.00. The summed E-state index contributed by atoms with van der Waals surface area (Å²) in [5.74, 6) is 0.220. The lowest BCUT2D eigenvalue weighted by atomic mass is 10.1. The van der Waals surface area contributed by atoms with Crippen molar-refractivity contribution in [1.82, 2.24) is 0 Å². The molecule has 0 radical (unpaired) electrons. The van der Waals surface area contributed by atoms with Gasteiger partial charge in [0.15, 0.2) is 12.6 Å². The number of aldehydes is 2. The predicted molar refractivity (Wildman–Crippen MR) is 119 cm³/mol. The van der Waals surface area contributed by atoms with Crippen molar-refractivity contribution < 1.29 is 33.8 Å². The summed E-state index contributed by atoms with van der Waals surface area (Å²) in [4.78, 5) is 36.0. The lowest BCUT2D eigenvalue weighted by molar-refractivity contribution is -0.830. The third kappa shape index (κ3) is 8.50. The van der Waals surface area contributed by atoms with E-state index in [2.05, 4.69) is 18.8 Å². The second kappa shape index (κ2) is 15.1. The van der Waals surface area contributed by atoms with E-state index in [0.717, 1.165) is 20.0 Å². The van der Waals surface area contributed by atoms with Crippen LogP contribution in [0.2, 0.25) is 0 Å². The lowest BCUT2D eigenvalue weighted by Crippen LogP contribution is -2.53. The molecule has 4 N–H and O–H groups in total. The van der Waals surface area contributed by atoms with E-state index in [1.54, 1.807) is 43.6 Å². The summed E-state index contributed by atoms with van der Waals surface area (Å²) in [6.45, 7) is 4.24. The molecule has 1 fully saturated rings. The van der Waals surface area contributed by atoms with Crippen LogP contribution in [-0.2, 0) is 4.74 Å². The van der Waals surface area contributed by atoms with Gasteiger partial charge >= 0.3 is 6.03 Å². The number of benzene rings is 1. The number of carbonyl (C=O) groups is 3. The first kappa shape index (κ1) is 28.3. The minimum Gasteiger partial charge on any atom is -0.400 e. The van der Waals surface area contributed by atoms with Crippen molar-refractivity contribution in [2.24, 2.45) is 10.7 Å². The Balaban J connectivity index is 0.000000515. The molecular formula is C22H34N3O6+. The molecule has 0 saturated carbocycles. The highest BCUT2D eigenvalue weighted by Gasteiger charge is 2.45. The van der Waals surface area contributed by atoms with E-state index in [0.29, 0.717) is 23.7 Å². The van der Waals surface area contributed by atoms with Crippen LogP contribution in [0, 0.1) is 0 Å². The van der Waals surface area contributed by atoms with Gasteiger partial charge in [-0.05, 0) is 6.42 Å². The number of nitrogens with zero attached hydrogens (tertiary/aromatic N) is 2. The van der Waals surface area contributed by atoms with E-state index in [9.17, 15) is 14.4 Å². The quantitative estimate of drug-likeness (QED) is 0.486. The summed E-state index contributed by atoms with van der Waals surface area (Å²) in [6.07, 6.45) is 6.92. The molecule has 0 aromatic heterocycles. The molecule has 2 aliphatic rings. The number of nitrogens with two attached hydrogens (primary N) is 1. The van der Waals surface area contributed by atoms with Crippen LogP contribution in [0.4, 0.5) is 4.79 Å². The van der Waals surface area contributed by atoms with Crippen molar-refractivity contribution >= 4 is 24.4 Å². The average Bonchev–Trinajstić information content (AvgIpc) is 3.29. The van der Waals surface area contributed by atoms with E-state index < -0.39 is 0 Å². The zero-order chi connectivity index (χ0) is 23.9. The van der Waals surface area contributed by atoms with Crippen LogP contribution in [0.5, 0.6) is 0 Å². The van der Waals surface area contributed by atoms with Gasteiger partial charge in [0, 0.05) is 30.7 Å². The highest BCUT2D eigenvalue weighted by atomic mass is 16.5. The summed E-state index contributed by atoms with van der Waals surface area (Å²) < 4.78 is 5.57. The van der Waals surface area contributed by atoms with Gasteiger partial charge in [-0.25, -0.2) is 4.79 Å². The topological polar surface area (TPSA) is 139 Å². The minimum atomic E-state index is -0.330. The fourth-order valence-corrected chi connectivity index (χ4v) is 2.71. The smallest absolute Gasteiger partial charge is 0.400 e. The summed E-state index contributed by atoms with van der Waals surface area (Å²) in [5.41, 5.74) is 6.33. The number of amides is 2. The summed E-state index contributed by atoms with van der Waals surface area (Å²) in [5, 5.41) is 16.0. The van der Waals surface area contributed by atoms with Crippen molar-refractivity contribution in [2.45, 2.75) is 45.4 Å². The number of aliphatic hydroxyl groups is 2. The number of hydrogen-bond donors (Lipinski definition) is 3. The molecule has 1 aromatic rings. The molecule has 9 heteroatoms. The Morgan fingerprint density at radius 2 is 1.68 bits per heavy atom. The summed E-state index contributed by atoms with van der Waals surface area (Å²) >= 11 is 0. The van der Waals surface area contributed by atoms with Crippen molar-refractivity contribution in [3.8, 4) is 0 Å². The monoisotopic (exact) mass is 436 g/mol. The van der Waals surface area contributed by atoms with Crippen molar-refractivity contribution in [2.75, 3.05) is 20.8 Å². The molecule has 2 heterocycles. The van der Waals surface area contributed by atoms with Crippen LogP contribution in [0.25, 0.3) is 0 Å². The van der Waals surface area contributed by atoms with Gasteiger partial charge in [0.05, 0.1) is 19.8 Å². The zero-order valence-corrected chi connectivity index (χ0v) is 18.6. The molecule has 0 bridgehead atoms.